The summed E-state index contributed by atoms with van der Waals surface area (Å²) in [6.45, 7) is 5.99. The number of carbonyl (C=O) groups excluding carboxylic acids is 1. The largest absolute Gasteiger partial charge is 0.492 e. The van der Waals surface area contributed by atoms with Crippen molar-refractivity contribution in [2.45, 2.75) is 31.4 Å². The van der Waals surface area contributed by atoms with Crippen LogP contribution in [0.25, 0.3) is 0 Å². The van der Waals surface area contributed by atoms with Gasteiger partial charge in [-0.25, -0.2) is 4.39 Å². The average molecular weight is 530 g/mol. The number of carbonyl (C=O) groups is 1. The Labute approximate surface area is 224 Å². The molecule has 8 nitrogen and oxygen atoms in total. The maximum atomic E-state index is 13.3. The molecule has 2 aromatic carbocycles. The minimum atomic E-state index is -1.31. The normalized spacial score (nSPS) is 21.2. The molecule has 1 atom stereocenters. The number of ether oxygens (including phenoxy) is 3. The standard InChI is InChI=1S/C29H40FN3O5/c1-36-20-28(34)33-16-15-32(21-29(35,22-33)23-38-27-11-7-25(30)8-12-27)19-24-5-9-26(10-6-24)37-18-17-31-13-3-2-4-14-31/h5-12,35H,2-4,13-23H2,1H3/t29-/m1/s1. The van der Waals surface area contributed by atoms with Crippen LogP contribution in [-0.2, 0) is 16.1 Å². The highest BCUT2D eigenvalue weighted by Crippen LogP contribution is 2.21. The van der Waals surface area contributed by atoms with Crippen LogP contribution in [0.2, 0.25) is 0 Å². The number of piperidine rings is 1. The number of hydrogen-bond donors (Lipinski definition) is 1. The molecule has 38 heavy (non-hydrogen) atoms. The maximum Gasteiger partial charge on any atom is 0.248 e. The van der Waals surface area contributed by atoms with Crippen molar-refractivity contribution in [3.05, 3.63) is 59.9 Å². The van der Waals surface area contributed by atoms with Crippen LogP contribution >= 0.6 is 0 Å². The predicted octanol–water partition coefficient (Wildman–Crippen LogP) is 2.79. The molecule has 208 valence electrons. The summed E-state index contributed by atoms with van der Waals surface area (Å²) in [4.78, 5) is 18.8. The van der Waals surface area contributed by atoms with Gasteiger partial charge in [-0.1, -0.05) is 18.6 Å². The third-order valence-corrected chi connectivity index (χ3v) is 7.09. The van der Waals surface area contributed by atoms with E-state index in [0.717, 1.165) is 30.9 Å². The number of aliphatic hydroxyl groups is 1. The molecule has 2 saturated heterocycles. The second-order valence-corrected chi connectivity index (χ2v) is 10.3. The van der Waals surface area contributed by atoms with Crippen molar-refractivity contribution in [2.75, 3.05) is 72.7 Å². The third-order valence-electron chi connectivity index (χ3n) is 7.09. The number of benzene rings is 2. The summed E-state index contributed by atoms with van der Waals surface area (Å²) in [5.41, 5.74) is -0.224. The van der Waals surface area contributed by atoms with E-state index in [1.807, 2.05) is 24.3 Å². The lowest BCUT2D eigenvalue weighted by Crippen LogP contribution is -2.52. The molecule has 9 heteroatoms. The van der Waals surface area contributed by atoms with Gasteiger partial charge in [-0.05, 0) is 67.9 Å². The maximum absolute atomic E-state index is 13.3. The van der Waals surface area contributed by atoms with Gasteiger partial charge in [0.2, 0.25) is 5.91 Å². The molecule has 0 radical (unpaired) electrons. The number of amides is 1. The molecule has 2 aliphatic heterocycles. The zero-order chi connectivity index (χ0) is 26.8. The number of rotatable bonds is 11. The Morgan fingerprint density at radius 3 is 2.29 bits per heavy atom. The first-order valence-electron chi connectivity index (χ1n) is 13.5. The van der Waals surface area contributed by atoms with Gasteiger partial charge in [0, 0.05) is 39.8 Å². The molecule has 1 N–H and O–H groups in total. The van der Waals surface area contributed by atoms with Crippen LogP contribution in [0.3, 0.4) is 0 Å². The first-order valence-corrected chi connectivity index (χ1v) is 13.5. The van der Waals surface area contributed by atoms with Crippen LogP contribution in [-0.4, -0.2) is 104 Å². The van der Waals surface area contributed by atoms with E-state index in [2.05, 4.69) is 9.80 Å². The minimum Gasteiger partial charge on any atom is -0.492 e. The van der Waals surface area contributed by atoms with Gasteiger partial charge in [0.25, 0.3) is 0 Å². The van der Waals surface area contributed by atoms with E-state index >= 15 is 0 Å². The monoisotopic (exact) mass is 529 g/mol. The molecule has 0 bridgehead atoms. The Hall–Kier alpha value is -2.72. The minimum absolute atomic E-state index is 0.0321. The smallest absolute Gasteiger partial charge is 0.248 e. The lowest BCUT2D eigenvalue weighted by molar-refractivity contribution is -0.138. The van der Waals surface area contributed by atoms with Crippen LogP contribution in [0.15, 0.2) is 48.5 Å². The molecular weight excluding hydrogens is 489 g/mol. The fourth-order valence-corrected chi connectivity index (χ4v) is 5.07. The Balaban J connectivity index is 1.35. The fourth-order valence-electron chi connectivity index (χ4n) is 5.07. The van der Waals surface area contributed by atoms with Crippen LogP contribution in [0.5, 0.6) is 11.5 Å². The molecule has 0 spiro atoms. The van der Waals surface area contributed by atoms with E-state index in [-0.39, 0.29) is 31.5 Å². The van der Waals surface area contributed by atoms with Crippen molar-refractivity contribution in [2.24, 2.45) is 0 Å². The van der Waals surface area contributed by atoms with E-state index in [1.54, 1.807) is 4.90 Å². The average Bonchev–Trinajstić information content (AvgIpc) is 3.09. The number of halogens is 1. The predicted molar refractivity (Wildman–Crippen MR) is 143 cm³/mol. The summed E-state index contributed by atoms with van der Waals surface area (Å²) in [7, 11) is 1.48. The lowest BCUT2D eigenvalue weighted by Gasteiger charge is -2.33. The Bertz CT molecular complexity index is 1000. The number of nitrogens with zero attached hydrogens (tertiary/aromatic N) is 3. The van der Waals surface area contributed by atoms with E-state index in [4.69, 9.17) is 14.2 Å². The van der Waals surface area contributed by atoms with E-state index in [9.17, 15) is 14.3 Å². The van der Waals surface area contributed by atoms with Crippen LogP contribution < -0.4 is 9.47 Å². The summed E-state index contributed by atoms with van der Waals surface area (Å²) in [6, 6.07) is 13.7. The number of methoxy groups -OCH3 is 1. The zero-order valence-corrected chi connectivity index (χ0v) is 22.3. The van der Waals surface area contributed by atoms with Gasteiger partial charge in [-0.2, -0.15) is 0 Å². The van der Waals surface area contributed by atoms with Gasteiger partial charge < -0.3 is 24.2 Å². The molecule has 1 amide bonds. The van der Waals surface area contributed by atoms with Gasteiger partial charge >= 0.3 is 0 Å². The number of hydrogen-bond acceptors (Lipinski definition) is 7. The third kappa shape index (κ3) is 8.66. The molecule has 0 aromatic heterocycles. The van der Waals surface area contributed by atoms with Crippen molar-refractivity contribution in [1.29, 1.82) is 0 Å². The van der Waals surface area contributed by atoms with E-state index in [0.29, 0.717) is 38.5 Å². The molecule has 0 unspecified atom stereocenters. The summed E-state index contributed by atoms with van der Waals surface area (Å²) >= 11 is 0. The molecule has 2 aromatic rings. The number of likely N-dealkylation sites (tertiary alicyclic amines) is 1. The highest BCUT2D eigenvalue weighted by Gasteiger charge is 2.37. The lowest BCUT2D eigenvalue weighted by atomic mass is 10.0. The Morgan fingerprint density at radius 2 is 1.58 bits per heavy atom. The molecule has 0 aliphatic carbocycles. The van der Waals surface area contributed by atoms with Crippen molar-refractivity contribution >= 4 is 5.91 Å². The van der Waals surface area contributed by atoms with E-state index < -0.39 is 5.60 Å². The zero-order valence-electron chi connectivity index (χ0n) is 22.3. The van der Waals surface area contributed by atoms with Crippen LogP contribution in [0.1, 0.15) is 24.8 Å². The van der Waals surface area contributed by atoms with Crippen molar-refractivity contribution < 1.29 is 28.5 Å². The second-order valence-electron chi connectivity index (χ2n) is 10.3. The first kappa shape index (κ1) is 28.3. The van der Waals surface area contributed by atoms with Crippen LogP contribution in [0, 0.1) is 5.82 Å². The van der Waals surface area contributed by atoms with Crippen molar-refractivity contribution in [1.82, 2.24) is 14.7 Å². The van der Waals surface area contributed by atoms with Crippen LogP contribution in [0.4, 0.5) is 4.39 Å². The Kier molecular flexibility index (Phi) is 10.3. The number of β-amino-alcohol motifs (C(OH)–C–C–N with tert-alkyl or cyclic N) is 1. The van der Waals surface area contributed by atoms with Gasteiger partial charge in [0.1, 0.15) is 42.7 Å². The topological polar surface area (TPSA) is 74.7 Å². The van der Waals surface area contributed by atoms with Crippen molar-refractivity contribution in [3.63, 3.8) is 0 Å². The first-order chi connectivity index (χ1) is 18.4. The second kappa shape index (κ2) is 13.9. The molecule has 2 heterocycles. The van der Waals surface area contributed by atoms with Gasteiger partial charge in [0.05, 0.1) is 6.54 Å². The molecule has 2 fully saturated rings. The molecular formula is C29H40FN3O5. The molecule has 0 saturated carbocycles. The Morgan fingerprint density at radius 1 is 0.895 bits per heavy atom. The fraction of sp³-hybridized carbons (Fsp3) is 0.552. The summed E-state index contributed by atoms with van der Waals surface area (Å²) < 4.78 is 30.1. The summed E-state index contributed by atoms with van der Waals surface area (Å²) in [5.74, 6) is 0.774. The molecule has 4 rings (SSSR count). The highest BCUT2D eigenvalue weighted by molar-refractivity contribution is 5.77. The quantitative estimate of drug-likeness (QED) is 0.480. The van der Waals surface area contributed by atoms with Crippen molar-refractivity contribution in [3.8, 4) is 11.5 Å². The van der Waals surface area contributed by atoms with Gasteiger partial charge in [-0.3, -0.25) is 14.6 Å². The SMILES string of the molecule is COCC(=O)N1CCN(Cc2ccc(OCCN3CCCCC3)cc2)C[C@](O)(COc2ccc(F)cc2)C1. The summed E-state index contributed by atoms with van der Waals surface area (Å²) in [6.07, 6.45) is 3.88. The highest BCUT2D eigenvalue weighted by atomic mass is 19.1. The van der Waals surface area contributed by atoms with E-state index in [1.165, 1.54) is 50.6 Å². The summed E-state index contributed by atoms with van der Waals surface area (Å²) in [5, 5.41) is 11.6. The van der Waals surface area contributed by atoms with Gasteiger partial charge in [0.15, 0.2) is 0 Å². The van der Waals surface area contributed by atoms with Gasteiger partial charge in [-0.15, -0.1) is 0 Å². The molecule has 2 aliphatic rings.